The zero-order chi connectivity index (χ0) is 65.2. The van der Waals surface area contributed by atoms with Crippen LogP contribution < -0.4 is 10.6 Å². The maximum Gasteiger partial charge on any atom is 0.317 e. The summed E-state index contributed by atoms with van der Waals surface area (Å²) in [6.45, 7) is 16.2. The highest BCUT2D eigenvalue weighted by molar-refractivity contribution is 5.90. The highest BCUT2D eigenvalue weighted by atomic mass is 16.7. The second-order valence-electron chi connectivity index (χ2n) is 25.0. The molecule has 86 heavy (non-hydrogen) atoms. The number of rotatable bonds is 12. The predicted octanol–water partition coefficient (Wildman–Crippen LogP) is 2.82. The van der Waals surface area contributed by atoms with Crippen LogP contribution in [0, 0.1) is 41.4 Å². The Kier molecular flexibility index (Phi) is 35.7. The number of hydrogen-bond acceptors (Lipinski definition) is 20. The van der Waals surface area contributed by atoms with Crippen LogP contribution in [0.25, 0.3) is 0 Å². The lowest BCUT2D eigenvalue weighted by Gasteiger charge is -2.45. The molecule has 2 bridgehead atoms. The summed E-state index contributed by atoms with van der Waals surface area (Å²) in [5.74, 6) is -9.88. The van der Waals surface area contributed by atoms with Crippen molar-refractivity contribution in [3.05, 3.63) is 47.6 Å². The topological polar surface area (TPSA) is 399 Å². The molecule has 2 heterocycles. The maximum atomic E-state index is 14.0. The largest absolute Gasteiger partial charge is 0.481 e. The van der Waals surface area contributed by atoms with Gasteiger partial charge < -0.3 is 96.3 Å². The van der Waals surface area contributed by atoms with Crippen LogP contribution in [0.4, 0.5) is 0 Å². The average Bonchev–Trinajstić information content (AvgIpc) is 1.30. The Balaban J connectivity index is 2.48. The van der Waals surface area contributed by atoms with E-state index in [2.05, 4.69) is 21.7 Å². The number of carboxylic acid groups (broad SMARTS) is 1. The molecular weight excluding hydrogens is 1120 g/mol. The molecule has 0 aromatic heterocycles. The van der Waals surface area contributed by atoms with Crippen LogP contribution in [-0.4, -0.2) is 213 Å². The molecule has 0 unspecified atom stereocenters. The van der Waals surface area contributed by atoms with E-state index in [1.807, 2.05) is 26.8 Å². The van der Waals surface area contributed by atoms with Crippen molar-refractivity contribution < 1.29 is 100 Å². The number of carbonyl (C=O) groups excluding carboxylic acids is 2. The van der Waals surface area contributed by atoms with Gasteiger partial charge in [-0.05, 0) is 102 Å². The molecule has 16 N–H and O–H groups in total. The SMILES string of the molecule is CN=C(NC)NCCCCC/C=C(\C)C[C@H](C)[C@H]1OC(=O)[C@H](C)[C@@H](O)/C(C)=C/C[C@H](O)[C@H](C)[C@H](O)C[C@H](O)[C@H](C)[C@@H](O)CC[C@@H](C)[C@@H](O)C[C@@]2(O)O[C@H](C[C@H](OC(=O)CC(=O)O)C[C@H](O)C[C@@H](O)C[C@H](O)[C@@H](C)[C@@H](O)/C=C/C=C/[C@@H]1C)C[C@H](O)[C@H]2O. The van der Waals surface area contributed by atoms with Gasteiger partial charge in [-0.25, -0.2) is 0 Å². The highest BCUT2D eigenvalue weighted by Gasteiger charge is 2.50. The molecular formula is C63H111N3O20. The number of nitrogens with zero attached hydrogens (tertiary/aromatic N) is 1. The fourth-order valence-electron chi connectivity index (χ4n) is 11.2. The van der Waals surface area contributed by atoms with Gasteiger partial charge in [0, 0.05) is 70.0 Å². The summed E-state index contributed by atoms with van der Waals surface area (Å²) >= 11 is 0. The van der Waals surface area contributed by atoms with Crippen molar-refractivity contribution in [2.75, 3.05) is 20.6 Å². The fourth-order valence-corrected chi connectivity index (χ4v) is 11.2. The van der Waals surface area contributed by atoms with E-state index < -0.39 is 164 Å². The number of hydrogen-bond donors (Lipinski definition) is 16. The summed E-state index contributed by atoms with van der Waals surface area (Å²) in [5.41, 5.74) is 1.50. The van der Waals surface area contributed by atoms with Gasteiger partial charge in [0.25, 0.3) is 0 Å². The Labute approximate surface area is 510 Å². The molecule has 0 saturated carbocycles. The molecule has 23 atom stereocenters. The second kappa shape index (κ2) is 39.3. The van der Waals surface area contributed by atoms with Gasteiger partial charge in [0.15, 0.2) is 11.7 Å². The van der Waals surface area contributed by atoms with Gasteiger partial charge in [-0.3, -0.25) is 19.4 Å². The molecule has 23 nitrogen and oxygen atoms in total. The first kappa shape index (κ1) is 78.2. The minimum absolute atomic E-state index is 0.0142. The minimum atomic E-state index is -2.57. The smallest absolute Gasteiger partial charge is 0.317 e. The normalized spacial score (nSPS) is 39.4. The molecule has 0 aromatic carbocycles. The molecule has 0 radical (unpaired) electrons. The fraction of sp³-hybridized carbons (Fsp3) is 0.810. The zero-order valence-corrected chi connectivity index (χ0v) is 52.8. The number of fused-ring (bicyclic) bond motifs is 2. The summed E-state index contributed by atoms with van der Waals surface area (Å²) in [6, 6.07) is 0. The molecule has 498 valence electrons. The number of cyclic esters (lactones) is 1. The summed E-state index contributed by atoms with van der Waals surface area (Å²) in [6.07, 6.45) is -8.35. The van der Waals surface area contributed by atoms with E-state index in [1.54, 1.807) is 73.9 Å². The van der Waals surface area contributed by atoms with Crippen molar-refractivity contribution in [2.45, 2.75) is 262 Å². The van der Waals surface area contributed by atoms with Crippen LogP contribution in [0.3, 0.4) is 0 Å². The Hall–Kier alpha value is -3.92. The van der Waals surface area contributed by atoms with E-state index in [-0.39, 0.29) is 63.2 Å². The predicted molar refractivity (Wildman–Crippen MR) is 324 cm³/mol. The van der Waals surface area contributed by atoms with Crippen molar-refractivity contribution in [2.24, 2.45) is 46.4 Å². The molecule has 2 aliphatic rings. The van der Waals surface area contributed by atoms with Gasteiger partial charge in [-0.1, -0.05) is 90.0 Å². The van der Waals surface area contributed by atoms with Crippen molar-refractivity contribution in [1.29, 1.82) is 0 Å². The first-order chi connectivity index (χ1) is 40.2. The third-order valence-electron chi connectivity index (χ3n) is 17.5. The molecule has 2 rings (SSSR count). The number of ether oxygens (including phenoxy) is 3. The molecule has 0 spiro atoms. The maximum absolute atomic E-state index is 14.0. The van der Waals surface area contributed by atoms with Crippen molar-refractivity contribution in [1.82, 2.24) is 10.6 Å². The lowest BCUT2D eigenvalue weighted by molar-refractivity contribution is -0.333. The van der Waals surface area contributed by atoms with E-state index in [4.69, 9.17) is 14.2 Å². The molecule has 0 aromatic rings. The Morgan fingerprint density at radius 2 is 1.38 bits per heavy atom. The number of aliphatic imine (C=N–C) groups is 1. The van der Waals surface area contributed by atoms with Gasteiger partial charge in [-0.2, -0.15) is 0 Å². The third kappa shape index (κ3) is 27.4. The zero-order valence-electron chi connectivity index (χ0n) is 52.8. The number of aliphatic hydroxyl groups excluding tert-OH is 12. The van der Waals surface area contributed by atoms with Crippen molar-refractivity contribution >= 4 is 23.9 Å². The Morgan fingerprint density at radius 1 is 0.767 bits per heavy atom. The lowest BCUT2D eigenvalue weighted by atomic mass is 9.83. The lowest BCUT2D eigenvalue weighted by Crippen LogP contribution is -2.60. The summed E-state index contributed by atoms with van der Waals surface area (Å²) in [7, 11) is 3.52. The number of carboxylic acids is 1. The molecule has 23 heteroatoms. The van der Waals surface area contributed by atoms with Crippen molar-refractivity contribution in [3.8, 4) is 0 Å². The number of nitrogens with one attached hydrogen (secondary N) is 2. The molecule has 1 fully saturated rings. The third-order valence-corrected chi connectivity index (χ3v) is 17.5. The number of aliphatic carboxylic acids is 1. The van der Waals surface area contributed by atoms with Gasteiger partial charge in [0.05, 0.1) is 79.2 Å². The number of aliphatic hydroxyl groups is 13. The molecule has 1 saturated heterocycles. The van der Waals surface area contributed by atoms with Crippen LogP contribution in [0.2, 0.25) is 0 Å². The Morgan fingerprint density at radius 3 is 2.01 bits per heavy atom. The highest BCUT2D eigenvalue weighted by Crippen LogP contribution is 2.37. The van der Waals surface area contributed by atoms with Gasteiger partial charge in [-0.15, -0.1) is 0 Å². The van der Waals surface area contributed by atoms with Crippen LogP contribution in [-0.2, 0) is 28.6 Å². The van der Waals surface area contributed by atoms with E-state index in [0.717, 1.165) is 43.8 Å². The van der Waals surface area contributed by atoms with E-state index in [9.17, 15) is 85.9 Å². The van der Waals surface area contributed by atoms with E-state index >= 15 is 0 Å². The number of carbonyl (C=O) groups is 3. The standard InChI is InChI=1S/C63H111N3O20/c1-35(18-14-12-13-17-25-66-62(64-10)65-11)26-39(5)59-38(4)19-15-16-20-48(69)40(6)51(72)29-45(68)27-44(67)28-46(84-57(79)33-56(77)78)30-47-31-54(75)60(81)63(83,86-47)34-55(76)36(2)21-23-49(70)41(7)52(73)32-53(74)42(8)50(71)24-22-37(3)58(80)43(9)61(82)85-59/h15-16,18-20,22,36,38-55,58-60,67-76,80-81,83H,12-14,17,21,23-34H2,1-11H3,(H,77,78)(H2,64,65,66)/b19-15+,20-16+,35-18+,37-22+/t36-,38+,39+,40+,41-,42+,43-,44-,45-,46-,47-,48+,49+,50+,51+,52+,53-,54+,55+,58+,59+,60-,63-/m1/s1. The van der Waals surface area contributed by atoms with Crippen LogP contribution in [0.5, 0.6) is 0 Å². The average molecular weight is 1230 g/mol. The van der Waals surface area contributed by atoms with Crippen molar-refractivity contribution in [3.63, 3.8) is 0 Å². The first-order valence-electron chi connectivity index (χ1n) is 31.0. The van der Waals surface area contributed by atoms with Gasteiger partial charge in [0.1, 0.15) is 24.7 Å². The summed E-state index contributed by atoms with van der Waals surface area (Å²) < 4.78 is 17.5. The van der Waals surface area contributed by atoms with E-state index in [1.165, 1.54) is 6.08 Å². The molecule has 0 aliphatic carbocycles. The first-order valence-corrected chi connectivity index (χ1v) is 31.0. The monoisotopic (exact) mass is 1230 g/mol. The number of esters is 2. The molecule has 0 amide bonds. The number of unbranched alkanes of at least 4 members (excludes halogenated alkanes) is 3. The van der Waals surface area contributed by atoms with Gasteiger partial charge in [0.2, 0.25) is 0 Å². The van der Waals surface area contributed by atoms with Crippen LogP contribution in [0.15, 0.2) is 52.6 Å². The minimum Gasteiger partial charge on any atom is -0.481 e. The number of guanidine groups is 1. The quantitative estimate of drug-likeness (QED) is 0.0333. The molecule has 2 aliphatic heterocycles. The van der Waals surface area contributed by atoms with Crippen LogP contribution in [0.1, 0.15) is 165 Å². The Bertz CT molecular complexity index is 2150. The summed E-state index contributed by atoms with van der Waals surface area (Å²) in [5, 5.41) is 161. The van der Waals surface area contributed by atoms with E-state index in [0.29, 0.717) is 12.0 Å². The number of allylic oxidation sites excluding steroid dienone is 4. The van der Waals surface area contributed by atoms with Gasteiger partial charge >= 0.3 is 17.9 Å². The van der Waals surface area contributed by atoms with Crippen LogP contribution >= 0.6 is 0 Å². The second-order valence-corrected chi connectivity index (χ2v) is 25.0. The summed E-state index contributed by atoms with van der Waals surface area (Å²) in [4.78, 5) is 42.1.